The van der Waals surface area contributed by atoms with E-state index in [4.69, 9.17) is 0 Å². The fourth-order valence-electron chi connectivity index (χ4n) is 8.19. The average molecular weight is 613 g/mol. The lowest BCUT2D eigenvalue weighted by atomic mass is 10.1. The third-order valence-corrected chi connectivity index (χ3v) is 10.2. The summed E-state index contributed by atoms with van der Waals surface area (Å²) < 4.78 is 0. The van der Waals surface area contributed by atoms with Crippen LogP contribution < -0.4 is 0 Å². The van der Waals surface area contributed by atoms with Crippen molar-refractivity contribution in [3.05, 3.63) is 146 Å². The predicted molar refractivity (Wildman–Crippen MR) is 202 cm³/mol. The Morgan fingerprint density at radius 2 is 0.667 bits per heavy atom. The van der Waals surface area contributed by atoms with Crippen molar-refractivity contribution in [1.82, 2.24) is 19.9 Å². The fourth-order valence-corrected chi connectivity index (χ4v) is 8.19. The number of nitrogens with one attached hydrogen (secondary N) is 4. The van der Waals surface area contributed by atoms with Crippen molar-refractivity contribution in [3.8, 4) is 44.8 Å². The van der Waals surface area contributed by atoms with Gasteiger partial charge in [-0.3, -0.25) is 0 Å². The molecule has 4 aromatic carbocycles. The molecule has 8 aromatic rings. The molecule has 220 valence electrons. The Morgan fingerprint density at radius 1 is 0.292 bits per heavy atom. The molecule has 1 aliphatic heterocycles. The molecule has 0 spiro atoms. The van der Waals surface area contributed by atoms with Gasteiger partial charge < -0.3 is 19.9 Å². The van der Waals surface area contributed by atoms with Crippen molar-refractivity contribution in [2.24, 2.45) is 0 Å². The first kappa shape index (κ1) is 25.6. The van der Waals surface area contributed by atoms with Crippen molar-refractivity contribution in [2.75, 3.05) is 0 Å². The zero-order valence-corrected chi connectivity index (χ0v) is 25.9. The Kier molecular flexibility index (Phi) is 5.08. The van der Waals surface area contributed by atoms with Crippen molar-refractivity contribution in [2.45, 2.75) is 0 Å². The van der Waals surface area contributed by atoms with E-state index in [2.05, 4.69) is 166 Å². The largest absolute Gasteiger partial charge is 0.327 e. The van der Waals surface area contributed by atoms with Gasteiger partial charge in [-0.05, 0) is 72.8 Å². The van der Waals surface area contributed by atoms with Crippen LogP contribution in [-0.4, -0.2) is 19.9 Å². The lowest BCUT2D eigenvalue weighted by Gasteiger charge is -1.98. The van der Waals surface area contributed by atoms with E-state index in [1.165, 1.54) is 43.4 Å². The quantitative estimate of drug-likeness (QED) is 0.140. The van der Waals surface area contributed by atoms with Gasteiger partial charge in [0.15, 0.2) is 0 Å². The Labute approximate surface area is 275 Å². The number of H-pyrrole nitrogens is 4. The molecule has 0 saturated heterocycles. The second kappa shape index (κ2) is 9.50. The smallest absolute Gasteiger partial charge is 0.143 e. The van der Waals surface area contributed by atoms with Gasteiger partial charge in [-0.25, -0.2) is 0 Å². The summed E-state index contributed by atoms with van der Waals surface area (Å²) in [6, 6.07) is 52.5. The minimum Gasteiger partial charge on any atom is -0.327 e. The number of benzene rings is 4. The number of hydrogen-bond acceptors (Lipinski definition) is 0. The molecule has 8 bridgehead atoms. The molecular formula is C44H28N4+4. The molecule has 4 heteroatoms. The maximum absolute atomic E-state index is 3.93. The summed E-state index contributed by atoms with van der Waals surface area (Å²) in [6.45, 7) is 0. The molecule has 0 atom stereocenters. The second-order valence-corrected chi connectivity index (χ2v) is 12.8. The van der Waals surface area contributed by atoms with Gasteiger partial charge in [0.25, 0.3) is 0 Å². The van der Waals surface area contributed by atoms with Crippen molar-refractivity contribution >= 4 is 65.4 Å². The molecule has 2 aliphatic carbocycles. The Hall–Kier alpha value is -6.52. The topological polar surface area (TPSA) is 63.2 Å². The minimum atomic E-state index is 1.06. The van der Waals surface area contributed by atoms with Crippen LogP contribution in [0.1, 0.15) is 0 Å². The van der Waals surface area contributed by atoms with Gasteiger partial charge in [-0.15, -0.1) is 0 Å². The summed E-state index contributed by atoms with van der Waals surface area (Å²) in [7, 11) is 0. The van der Waals surface area contributed by atoms with Crippen LogP contribution in [0, 0.1) is 0 Å². The first-order valence-electron chi connectivity index (χ1n) is 16.5. The Bertz CT molecular complexity index is 2790. The maximum Gasteiger partial charge on any atom is 0.143 e. The molecule has 3 aliphatic rings. The SMILES string of the molecule is c1ccc(-[c+]2c3cc4c([nH]3)-[c+](c3ccc([nH]3)[c+]3c5ccccc5c5cc([nH]c5-3)[c+](-c3ccccc3)c3ccc2[nH]3)c2ccccc42)cc1. The summed E-state index contributed by atoms with van der Waals surface area (Å²) in [5, 5.41) is 7.42. The minimum absolute atomic E-state index is 1.06. The molecule has 0 radical (unpaired) electrons. The first-order valence-corrected chi connectivity index (χ1v) is 16.5. The summed E-state index contributed by atoms with van der Waals surface area (Å²) in [6.07, 6.45) is 0. The molecule has 0 fully saturated rings. The maximum atomic E-state index is 3.93. The van der Waals surface area contributed by atoms with Crippen LogP contribution in [0.5, 0.6) is 0 Å². The third-order valence-electron chi connectivity index (χ3n) is 10.2. The van der Waals surface area contributed by atoms with Crippen LogP contribution in [-0.2, 0) is 0 Å². The van der Waals surface area contributed by atoms with Crippen molar-refractivity contribution in [1.29, 1.82) is 0 Å². The number of rotatable bonds is 2. The van der Waals surface area contributed by atoms with Gasteiger partial charge in [0.05, 0.1) is 58.3 Å². The zero-order valence-electron chi connectivity index (χ0n) is 25.9. The van der Waals surface area contributed by atoms with Crippen LogP contribution >= 0.6 is 0 Å². The average Bonchev–Trinajstić information content (AvgIpc) is 3.98. The van der Waals surface area contributed by atoms with E-state index >= 15 is 0 Å². The molecule has 4 aromatic heterocycles. The Balaban J connectivity index is 1.40. The van der Waals surface area contributed by atoms with Crippen LogP contribution in [0.15, 0.2) is 146 Å². The highest BCUT2D eigenvalue weighted by Gasteiger charge is 2.31. The van der Waals surface area contributed by atoms with Gasteiger partial charge in [0.1, 0.15) is 88.3 Å². The molecule has 4 N–H and O–H groups in total. The highest BCUT2D eigenvalue weighted by molar-refractivity contribution is 6.24. The molecule has 5 heterocycles. The third kappa shape index (κ3) is 3.49. The van der Waals surface area contributed by atoms with Crippen LogP contribution in [0.4, 0.5) is 0 Å². The van der Waals surface area contributed by atoms with Gasteiger partial charge in [0.2, 0.25) is 0 Å². The Morgan fingerprint density at radius 3 is 1.10 bits per heavy atom. The van der Waals surface area contributed by atoms with Gasteiger partial charge in [-0.1, -0.05) is 0 Å². The molecule has 0 unspecified atom stereocenters. The number of aromatic amines is 4. The van der Waals surface area contributed by atoms with Crippen molar-refractivity contribution < 1.29 is 0 Å². The van der Waals surface area contributed by atoms with Crippen LogP contribution in [0.25, 0.3) is 110 Å². The summed E-state index contributed by atoms with van der Waals surface area (Å²) >= 11 is 0. The second-order valence-electron chi connectivity index (χ2n) is 12.8. The van der Waals surface area contributed by atoms with E-state index in [0.717, 1.165) is 66.7 Å². The molecular weight excluding hydrogens is 585 g/mol. The van der Waals surface area contributed by atoms with Crippen molar-refractivity contribution in [3.63, 3.8) is 0 Å². The lowest BCUT2D eigenvalue weighted by molar-refractivity contribution is 1.45. The molecule has 0 amide bonds. The van der Waals surface area contributed by atoms with Gasteiger partial charge >= 0.3 is 0 Å². The lowest BCUT2D eigenvalue weighted by Crippen LogP contribution is -1.84. The number of hydrogen-bond donors (Lipinski definition) is 4. The van der Waals surface area contributed by atoms with Gasteiger partial charge in [0, 0.05) is 36.4 Å². The van der Waals surface area contributed by atoms with E-state index in [1.54, 1.807) is 0 Å². The van der Waals surface area contributed by atoms with Gasteiger partial charge in [-0.2, -0.15) is 0 Å². The van der Waals surface area contributed by atoms with Crippen LogP contribution in [0.3, 0.4) is 0 Å². The predicted octanol–water partition coefficient (Wildman–Crippen LogP) is 12.0. The summed E-state index contributed by atoms with van der Waals surface area (Å²) in [5.74, 6) is 0. The number of fused-ring (bicyclic) bond motifs is 14. The molecule has 48 heavy (non-hydrogen) atoms. The summed E-state index contributed by atoms with van der Waals surface area (Å²) in [5.41, 5.74) is 15.7. The van der Waals surface area contributed by atoms with E-state index < -0.39 is 0 Å². The highest BCUT2D eigenvalue weighted by Crippen LogP contribution is 2.47. The summed E-state index contributed by atoms with van der Waals surface area (Å²) in [4.78, 5) is 15.6. The van der Waals surface area contributed by atoms with E-state index in [9.17, 15) is 0 Å². The standard InChI is InChI=1S/C44H28N4/c1-3-11-25(12-4-1)39-33-19-20-34(45-33)40(26-13-5-2-6-14-26)38-24-32-28-16-8-10-18-30(28)42(44(32)48-38)36-22-21-35(46-36)41-29-17-9-7-15-27(29)31-23-37(39)47-43(31)41/h1-24,45-48H/q+4. The molecule has 11 rings (SSSR count). The highest BCUT2D eigenvalue weighted by atomic mass is 14.8. The molecule has 0 saturated carbocycles. The first-order chi connectivity index (χ1) is 23.8. The number of aromatic nitrogens is 4. The zero-order chi connectivity index (χ0) is 31.3. The monoisotopic (exact) mass is 612 g/mol. The van der Waals surface area contributed by atoms with Crippen LogP contribution in [0.2, 0.25) is 0 Å². The van der Waals surface area contributed by atoms with E-state index in [-0.39, 0.29) is 0 Å². The molecule has 4 nitrogen and oxygen atoms in total. The van der Waals surface area contributed by atoms with E-state index in [0.29, 0.717) is 0 Å². The van der Waals surface area contributed by atoms with E-state index in [1.807, 2.05) is 0 Å². The normalized spacial score (nSPS) is 12.2. The fraction of sp³-hybridized carbons (Fsp3) is 0.